The summed E-state index contributed by atoms with van der Waals surface area (Å²) in [5.41, 5.74) is 1.77. The number of amides is 1. The van der Waals surface area contributed by atoms with Crippen LogP contribution in [0.3, 0.4) is 0 Å². The summed E-state index contributed by atoms with van der Waals surface area (Å²) in [5.74, 6) is 1.72. The molecule has 1 aromatic heterocycles. The highest BCUT2D eigenvalue weighted by atomic mass is 16.2. The number of anilines is 1. The molecule has 1 aliphatic carbocycles. The Bertz CT molecular complexity index is 726. The molecule has 126 valence electrons. The van der Waals surface area contributed by atoms with Gasteiger partial charge >= 0.3 is 0 Å². The van der Waals surface area contributed by atoms with Gasteiger partial charge in [0.2, 0.25) is 5.91 Å². The normalized spacial score (nSPS) is 22.2. The van der Waals surface area contributed by atoms with Crippen LogP contribution in [-0.2, 0) is 4.79 Å². The zero-order chi connectivity index (χ0) is 16.4. The second-order valence-electron chi connectivity index (χ2n) is 7.09. The van der Waals surface area contributed by atoms with Crippen molar-refractivity contribution < 1.29 is 4.79 Å². The van der Waals surface area contributed by atoms with Crippen molar-refractivity contribution in [2.45, 2.75) is 44.6 Å². The predicted octanol–water partition coefficient (Wildman–Crippen LogP) is 3.22. The van der Waals surface area contributed by atoms with Crippen molar-refractivity contribution >= 4 is 22.8 Å². The van der Waals surface area contributed by atoms with E-state index in [2.05, 4.69) is 15.3 Å². The molecule has 5 heteroatoms. The van der Waals surface area contributed by atoms with Crippen LogP contribution in [0.5, 0.6) is 0 Å². The van der Waals surface area contributed by atoms with E-state index in [0.29, 0.717) is 12.3 Å². The summed E-state index contributed by atoms with van der Waals surface area (Å²) in [4.78, 5) is 23.4. The monoisotopic (exact) mass is 324 g/mol. The van der Waals surface area contributed by atoms with Crippen LogP contribution in [0.4, 0.5) is 5.82 Å². The van der Waals surface area contributed by atoms with Gasteiger partial charge in [-0.15, -0.1) is 0 Å². The predicted molar refractivity (Wildman–Crippen MR) is 94.7 cm³/mol. The van der Waals surface area contributed by atoms with E-state index in [9.17, 15) is 4.79 Å². The molecule has 2 heterocycles. The summed E-state index contributed by atoms with van der Waals surface area (Å²) < 4.78 is 0. The molecule has 1 saturated heterocycles. The molecule has 1 saturated carbocycles. The first kappa shape index (κ1) is 15.4. The molecule has 5 nitrogen and oxygen atoms in total. The standard InChI is InChI=1S/C19H24N4O/c24-19-10-15(13-23(19)12-14-6-2-1-3-7-14)21-18-11-20-16-8-4-5-9-17(16)22-18/h4-5,8-9,11,14-15H,1-3,6-7,10,12-13H2,(H,21,22)/t15-/m1/s1. The van der Waals surface area contributed by atoms with Crippen LogP contribution in [-0.4, -0.2) is 39.9 Å². The summed E-state index contributed by atoms with van der Waals surface area (Å²) in [6.45, 7) is 1.71. The minimum atomic E-state index is 0.136. The molecule has 2 aromatic rings. The van der Waals surface area contributed by atoms with Gasteiger partial charge in [-0.25, -0.2) is 4.98 Å². The van der Waals surface area contributed by atoms with Gasteiger partial charge in [0.05, 0.1) is 23.3 Å². The third-order valence-electron chi connectivity index (χ3n) is 5.22. The largest absolute Gasteiger partial charge is 0.364 e. The van der Waals surface area contributed by atoms with E-state index >= 15 is 0 Å². The Labute approximate surface area is 142 Å². The third kappa shape index (κ3) is 3.35. The van der Waals surface area contributed by atoms with E-state index in [-0.39, 0.29) is 11.9 Å². The fraction of sp³-hybridized carbons (Fsp3) is 0.526. The van der Waals surface area contributed by atoms with Crippen LogP contribution >= 0.6 is 0 Å². The lowest BCUT2D eigenvalue weighted by Crippen LogP contribution is -2.33. The molecule has 1 atom stereocenters. The van der Waals surface area contributed by atoms with Crippen molar-refractivity contribution in [2.75, 3.05) is 18.4 Å². The van der Waals surface area contributed by atoms with Crippen LogP contribution in [0.25, 0.3) is 11.0 Å². The van der Waals surface area contributed by atoms with Crippen molar-refractivity contribution in [1.29, 1.82) is 0 Å². The van der Waals surface area contributed by atoms with Gasteiger partial charge in [-0.2, -0.15) is 0 Å². The van der Waals surface area contributed by atoms with E-state index in [4.69, 9.17) is 0 Å². The van der Waals surface area contributed by atoms with Gasteiger partial charge < -0.3 is 10.2 Å². The second kappa shape index (κ2) is 6.75. The van der Waals surface area contributed by atoms with E-state index in [0.717, 1.165) is 29.9 Å². The number of likely N-dealkylation sites (tertiary alicyclic amines) is 1. The molecule has 0 unspecified atom stereocenters. The quantitative estimate of drug-likeness (QED) is 0.938. The van der Waals surface area contributed by atoms with Gasteiger partial charge in [0, 0.05) is 19.5 Å². The van der Waals surface area contributed by atoms with Crippen LogP contribution in [0.1, 0.15) is 38.5 Å². The maximum Gasteiger partial charge on any atom is 0.224 e. The Morgan fingerprint density at radius 3 is 2.75 bits per heavy atom. The number of nitrogens with zero attached hydrogens (tertiary/aromatic N) is 3. The highest BCUT2D eigenvalue weighted by Gasteiger charge is 2.31. The van der Waals surface area contributed by atoms with E-state index < -0.39 is 0 Å². The molecule has 0 radical (unpaired) electrons. The molecule has 24 heavy (non-hydrogen) atoms. The summed E-state index contributed by atoms with van der Waals surface area (Å²) in [5, 5.41) is 3.39. The number of benzene rings is 1. The molecule has 1 amide bonds. The molecule has 4 rings (SSSR count). The molecular weight excluding hydrogens is 300 g/mol. The lowest BCUT2D eigenvalue weighted by atomic mass is 9.89. The summed E-state index contributed by atoms with van der Waals surface area (Å²) >= 11 is 0. The first-order valence-electron chi connectivity index (χ1n) is 9.04. The number of hydrogen-bond acceptors (Lipinski definition) is 4. The zero-order valence-corrected chi connectivity index (χ0v) is 13.9. The zero-order valence-electron chi connectivity index (χ0n) is 13.9. The molecule has 1 N–H and O–H groups in total. The van der Waals surface area contributed by atoms with Gasteiger partial charge in [-0.05, 0) is 30.9 Å². The van der Waals surface area contributed by atoms with Crippen LogP contribution < -0.4 is 5.32 Å². The van der Waals surface area contributed by atoms with Gasteiger partial charge in [0.1, 0.15) is 5.82 Å². The minimum absolute atomic E-state index is 0.136. The van der Waals surface area contributed by atoms with Crippen molar-refractivity contribution in [3.05, 3.63) is 30.5 Å². The van der Waals surface area contributed by atoms with E-state index in [1.54, 1.807) is 6.20 Å². The van der Waals surface area contributed by atoms with Gasteiger partial charge in [0.15, 0.2) is 0 Å². The van der Waals surface area contributed by atoms with E-state index in [1.165, 1.54) is 32.1 Å². The van der Waals surface area contributed by atoms with Crippen molar-refractivity contribution in [1.82, 2.24) is 14.9 Å². The molecule has 0 spiro atoms. The van der Waals surface area contributed by atoms with Gasteiger partial charge in [-0.1, -0.05) is 31.4 Å². The number of rotatable bonds is 4. The molecule has 2 fully saturated rings. The fourth-order valence-corrected chi connectivity index (χ4v) is 3.96. The summed E-state index contributed by atoms with van der Waals surface area (Å²) in [7, 11) is 0. The van der Waals surface area contributed by atoms with Crippen molar-refractivity contribution in [2.24, 2.45) is 5.92 Å². The van der Waals surface area contributed by atoms with E-state index in [1.807, 2.05) is 29.2 Å². The maximum atomic E-state index is 12.3. The average molecular weight is 324 g/mol. The minimum Gasteiger partial charge on any atom is -0.364 e. The summed E-state index contributed by atoms with van der Waals surface area (Å²) in [6, 6.07) is 7.98. The Hall–Kier alpha value is -2.17. The smallest absolute Gasteiger partial charge is 0.224 e. The average Bonchev–Trinajstić information content (AvgIpc) is 2.95. The number of fused-ring (bicyclic) bond motifs is 1. The number of para-hydroxylation sites is 2. The Balaban J connectivity index is 1.38. The highest BCUT2D eigenvalue weighted by molar-refractivity contribution is 5.80. The maximum absolute atomic E-state index is 12.3. The van der Waals surface area contributed by atoms with Crippen LogP contribution in [0, 0.1) is 5.92 Å². The lowest BCUT2D eigenvalue weighted by molar-refractivity contribution is -0.128. The highest BCUT2D eigenvalue weighted by Crippen LogP contribution is 2.26. The first-order chi connectivity index (χ1) is 11.8. The SMILES string of the molecule is O=C1C[C@@H](Nc2cnc3ccccc3n2)CN1CC1CCCCC1. The fourth-order valence-electron chi connectivity index (χ4n) is 3.96. The summed E-state index contributed by atoms with van der Waals surface area (Å²) in [6.07, 6.45) is 8.87. The Morgan fingerprint density at radius 1 is 1.12 bits per heavy atom. The Kier molecular flexibility index (Phi) is 4.32. The number of carbonyl (C=O) groups is 1. The van der Waals surface area contributed by atoms with Gasteiger partial charge in [-0.3, -0.25) is 9.78 Å². The van der Waals surface area contributed by atoms with Gasteiger partial charge in [0.25, 0.3) is 0 Å². The first-order valence-corrected chi connectivity index (χ1v) is 9.04. The van der Waals surface area contributed by atoms with Crippen molar-refractivity contribution in [3.8, 4) is 0 Å². The molecular formula is C19H24N4O. The van der Waals surface area contributed by atoms with Crippen LogP contribution in [0.2, 0.25) is 0 Å². The second-order valence-corrected chi connectivity index (χ2v) is 7.09. The molecule has 1 aromatic carbocycles. The lowest BCUT2D eigenvalue weighted by Gasteiger charge is -2.27. The number of carbonyl (C=O) groups excluding carboxylic acids is 1. The topological polar surface area (TPSA) is 58.1 Å². The third-order valence-corrected chi connectivity index (χ3v) is 5.22. The van der Waals surface area contributed by atoms with Crippen LogP contribution in [0.15, 0.2) is 30.5 Å². The van der Waals surface area contributed by atoms with Crippen molar-refractivity contribution in [3.63, 3.8) is 0 Å². The number of aromatic nitrogens is 2. The Morgan fingerprint density at radius 2 is 1.92 bits per heavy atom. The number of hydrogen-bond donors (Lipinski definition) is 1. The number of nitrogens with one attached hydrogen (secondary N) is 1. The molecule has 0 bridgehead atoms. The molecule has 2 aliphatic rings. The molecule has 1 aliphatic heterocycles.